The quantitative estimate of drug-likeness (QED) is 0.671. The van der Waals surface area contributed by atoms with Gasteiger partial charge < -0.3 is 5.11 Å². The van der Waals surface area contributed by atoms with Crippen molar-refractivity contribution in [2.75, 3.05) is 0 Å². The van der Waals surface area contributed by atoms with Crippen LogP contribution in [0.5, 0.6) is 5.75 Å². The highest BCUT2D eigenvalue weighted by Gasteiger charge is 2.04. The third kappa shape index (κ3) is 2.98. The van der Waals surface area contributed by atoms with Gasteiger partial charge in [0, 0.05) is 11.8 Å². The summed E-state index contributed by atoms with van der Waals surface area (Å²) in [6, 6.07) is 8.94. The molecule has 0 amide bonds. The third-order valence-electron chi connectivity index (χ3n) is 2.29. The van der Waals surface area contributed by atoms with Crippen LogP contribution in [0.2, 0.25) is 0 Å². The van der Waals surface area contributed by atoms with Crippen LogP contribution in [-0.2, 0) is 0 Å². The summed E-state index contributed by atoms with van der Waals surface area (Å²) in [6.45, 7) is 0. The highest BCUT2D eigenvalue weighted by molar-refractivity contribution is 9.10. The van der Waals surface area contributed by atoms with Crippen molar-refractivity contribution in [1.29, 1.82) is 0 Å². The predicted molar refractivity (Wildman–Crippen MR) is 74.8 cm³/mol. The van der Waals surface area contributed by atoms with E-state index in [0.717, 1.165) is 0 Å². The maximum Gasteiger partial charge on any atom is 0.138 e. The molecule has 0 saturated heterocycles. The molecule has 0 saturated carbocycles. The van der Waals surface area contributed by atoms with Crippen molar-refractivity contribution in [3.8, 4) is 5.75 Å². The number of halogens is 2. The van der Waals surface area contributed by atoms with Gasteiger partial charge in [0.1, 0.15) is 19.4 Å². The normalized spacial score (nSPS) is 11.0. The van der Waals surface area contributed by atoms with E-state index in [1.165, 1.54) is 18.3 Å². The van der Waals surface area contributed by atoms with Crippen LogP contribution in [0.3, 0.4) is 0 Å². The molecule has 2 radical (unpaired) electrons. The van der Waals surface area contributed by atoms with E-state index in [1.54, 1.807) is 24.3 Å². The summed E-state index contributed by atoms with van der Waals surface area (Å²) in [6.07, 6.45) is 1.48. The number of rotatable bonds is 2. The minimum Gasteiger partial charge on any atom is -0.506 e. The Morgan fingerprint density at radius 3 is 2.56 bits per heavy atom. The molecular weight excluding hydrogens is 296 g/mol. The predicted octanol–water partition coefficient (Wildman–Crippen LogP) is 2.84. The molecule has 2 nitrogen and oxygen atoms in total. The molecule has 2 aromatic carbocycles. The average Bonchev–Trinajstić information content (AvgIpc) is 2.34. The molecule has 0 aliphatic rings. The molecule has 0 aromatic heterocycles. The minimum absolute atomic E-state index is 0.0649. The zero-order chi connectivity index (χ0) is 13.1. The molecule has 0 spiro atoms. The fourth-order valence-electron chi connectivity index (χ4n) is 1.41. The number of benzene rings is 2. The Labute approximate surface area is 114 Å². The molecule has 0 aliphatic heterocycles. The molecule has 0 atom stereocenters. The van der Waals surface area contributed by atoms with Gasteiger partial charge in [0.25, 0.3) is 0 Å². The molecule has 0 heterocycles. The second kappa shape index (κ2) is 5.35. The second-order valence-corrected chi connectivity index (χ2v) is 4.53. The van der Waals surface area contributed by atoms with E-state index in [0.29, 0.717) is 21.2 Å². The monoisotopic (exact) mass is 303 g/mol. The number of nitrogens with zero attached hydrogens (tertiary/aromatic N) is 1. The van der Waals surface area contributed by atoms with Gasteiger partial charge in [-0.05, 0) is 40.2 Å². The fourth-order valence-corrected chi connectivity index (χ4v) is 1.91. The minimum atomic E-state index is -0.316. The maximum absolute atomic E-state index is 12.7. The Balaban J connectivity index is 2.31. The van der Waals surface area contributed by atoms with Crippen molar-refractivity contribution >= 4 is 41.1 Å². The molecule has 0 unspecified atom stereocenters. The van der Waals surface area contributed by atoms with Crippen LogP contribution < -0.4 is 5.46 Å². The summed E-state index contributed by atoms with van der Waals surface area (Å²) in [5.41, 5.74) is 1.60. The van der Waals surface area contributed by atoms with Crippen LogP contribution in [-0.4, -0.2) is 19.2 Å². The van der Waals surface area contributed by atoms with Gasteiger partial charge in [-0.15, -0.1) is 0 Å². The van der Waals surface area contributed by atoms with Gasteiger partial charge in [0.2, 0.25) is 0 Å². The largest absolute Gasteiger partial charge is 0.506 e. The Morgan fingerprint density at radius 2 is 1.89 bits per heavy atom. The molecule has 2 aromatic rings. The molecule has 0 aliphatic carbocycles. The van der Waals surface area contributed by atoms with E-state index < -0.39 is 0 Å². The Kier molecular flexibility index (Phi) is 3.82. The lowest BCUT2D eigenvalue weighted by atomic mass is 9.94. The summed E-state index contributed by atoms with van der Waals surface area (Å²) in [5.74, 6) is -0.251. The van der Waals surface area contributed by atoms with Crippen LogP contribution in [0.4, 0.5) is 10.1 Å². The lowest BCUT2D eigenvalue weighted by molar-refractivity contribution is 0.471. The molecule has 88 valence electrons. The molecular formula is C13H8BBrFNO. The number of hydrogen-bond acceptors (Lipinski definition) is 2. The van der Waals surface area contributed by atoms with Crippen molar-refractivity contribution < 1.29 is 9.50 Å². The Morgan fingerprint density at radius 1 is 1.22 bits per heavy atom. The van der Waals surface area contributed by atoms with Gasteiger partial charge in [-0.2, -0.15) is 0 Å². The first kappa shape index (κ1) is 12.8. The number of aliphatic imine (C=N–C) groups is 1. The molecule has 2 rings (SSSR count). The van der Waals surface area contributed by atoms with E-state index in [-0.39, 0.29) is 11.6 Å². The van der Waals surface area contributed by atoms with Gasteiger partial charge >= 0.3 is 0 Å². The van der Waals surface area contributed by atoms with Crippen molar-refractivity contribution in [2.45, 2.75) is 0 Å². The standard InChI is InChI=1S/C13H8BBrFNO/c14-9-5-8(13(18)12(15)6-9)7-17-11-3-1-10(16)2-4-11/h1-7,18H. The van der Waals surface area contributed by atoms with Crippen LogP contribution in [0.15, 0.2) is 45.9 Å². The summed E-state index contributed by atoms with van der Waals surface area (Å²) in [5, 5.41) is 9.79. The van der Waals surface area contributed by atoms with Gasteiger partial charge in [-0.1, -0.05) is 17.6 Å². The first-order chi connectivity index (χ1) is 8.56. The van der Waals surface area contributed by atoms with E-state index >= 15 is 0 Å². The summed E-state index contributed by atoms with van der Waals surface area (Å²) in [4.78, 5) is 4.13. The first-order valence-corrected chi connectivity index (χ1v) is 5.93. The fraction of sp³-hybridized carbons (Fsp3) is 0. The molecule has 18 heavy (non-hydrogen) atoms. The Hall–Kier alpha value is -1.62. The van der Waals surface area contributed by atoms with Gasteiger partial charge in [0.05, 0.1) is 10.2 Å². The van der Waals surface area contributed by atoms with Gasteiger partial charge in [-0.3, -0.25) is 4.99 Å². The summed E-state index contributed by atoms with van der Waals surface area (Å²) in [7, 11) is 5.66. The van der Waals surface area contributed by atoms with E-state index in [4.69, 9.17) is 7.85 Å². The lowest BCUT2D eigenvalue weighted by Gasteiger charge is -2.03. The van der Waals surface area contributed by atoms with Gasteiger partial charge in [-0.25, -0.2) is 4.39 Å². The molecule has 0 bridgehead atoms. The summed E-state index contributed by atoms with van der Waals surface area (Å²) >= 11 is 3.19. The van der Waals surface area contributed by atoms with E-state index in [2.05, 4.69) is 20.9 Å². The van der Waals surface area contributed by atoms with Gasteiger partial charge in [0.15, 0.2) is 0 Å². The number of aromatic hydroxyl groups is 1. The van der Waals surface area contributed by atoms with Crippen molar-refractivity contribution in [3.63, 3.8) is 0 Å². The maximum atomic E-state index is 12.7. The van der Waals surface area contributed by atoms with Crippen molar-refractivity contribution in [3.05, 3.63) is 52.3 Å². The average molecular weight is 304 g/mol. The third-order valence-corrected chi connectivity index (χ3v) is 2.90. The number of phenolic OH excluding ortho intramolecular Hbond substituents is 1. The van der Waals surface area contributed by atoms with Crippen LogP contribution in [0.25, 0.3) is 0 Å². The highest BCUT2D eigenvalue weighted by atomic mass is 79.9. The smallest absolute Gasteiger partial charge is 0.138 e. The first-order valence-electron chi connectivity index (χ1n) is 5.14. The SMILES string of the molecule is [B]c1cc(Br)c(O)c(C=Nc2ccc(F)cc2)c1. The van der Waals surface area contributed by atoms with E-state index in [9.17, 15) is 9.50 Å². The van der Waals surface area contributed by atoms with Crippen molar-refractivity contribution in [1.82, 2.24) is 0 Å². The second-order valence-electron chi connectivity index (χ2n) is 3.68. The van der Waals surface area contributed by atoms with Crippen LogP contribution in [0.1, 0.15) is 5.56 Å². The zero-order valence-corrected chi connectivity index (χ0v) is 10.9. The Bertz CT molecular complexity index is 599. The van der Waals surface area contributed by atoms with Crippen LogP contribution in [0, 0.1) is 5.82 Å². The van der Waals surface area contributed by atoms with Crippen molar-refractivity contribution in [2.24, 2.45) is 4.99 Å². The number of phenols is 1. The zero-order valence-electron chi connectivity index (χ0n) is 9.27. The molecule has 5 heteroatoms. The molecule has 0 fully saturated rings. The van der Waals surface area contributed by atoms with E-state index in [1.807, 2.05) is 0 Å². The highest BCUT2D eigenvalue weighted by Crippen LogP contribution is 2.25. The lowest BCUT2D eigenvalue weighted by Crippen LogP contribution is -2.03. The number of hydrogen-bond donors (Lipinski definition) is 1. The summed E-state index contributed by atoms with van der Waals surface area (Å²) < 4.78 is 13.2. The van der Waals surface area contributed by atoms with Crippen LogP contribution >= 0.6 is 15.9 Å². The molecule has 1 N–H and O–H groups in total. The topological polar surface area (TPSA) is 32.6 Å².